The Morgan fingerprint density at radius 1 is 1.71 bits per heavy atom. The molecule has 1 aliphatic rings. The average Bonchev–Trinajstić information content (AvgIpc) is 2.49. The highest BCUT2D eigenvalue weighted by Gasteiger charge is 2.04. The van der Waals surface area contributed by atoms with Crippen molar-refractivity contribution in [3.63, 3.8) is 0 Å². The van der Waals surface area contributed by atoms with E-state index >= 15 is 0 Å². The summed E-state index contributed by atoms with van der Waals surface area (Å²) in [5.74, 6) is 0. The minimum atomic E-state index is -3.53. The van der Waals surface area contributed by atoms with Gasteiger partial charge in [-0.05, 0) is 33.2 Å². The molecule has 1 heterocycles. The first-order valence-electron chi connectivity index (χ1n) is 3.59. The molecule has 0 amide bonds. The molecule has 7 heteroatoms. The summed E-state index contributed by atoms with van der Waals surface area (Å²) in [7, 11) is -4.20. The van der Waals surface area contributed by atoms with Crippen molar-refractivity contribution in [1.82, 2.24) is 0 Å². The Morgan fingerprint density at radius 3 is 3.00 bits per heavy atom. The number of nitriles is 1. The van der Waals surface area contributed by atoms with Crippen molar-refractivity contribution in [2.45, 2.75) is 6.42 Å². The molecule has 1 rings (SSSR count). The first-order chi connectivity index (χ1) is 6.51. The molecule has 0 aromatic carbocycles. The minimum absolute atomic E-state index is 0.300. The largest absolute Gasteiger partial charge is 0.287 e. The van der Waals surface area contributed by atoms with Gasteiger partial charge in [0.25, 0.3) is 10.1 Å². The topological polar surface area (TPSA) is 79.5 Å². The summed E-state index contributed by atoms with van der Waals surface area (Å²) in [5, 5.41) is 11.8. The van der Waals surface area contributed by atoms with E-state index in [1.807, 2.05) is 6.07 Å². The molecule has 0 fully saturated rings. The quantitative estimate of drug-likeness (QED) is 0.680. The standard InChI is InChI=1S/C7H8N2O3S2/c1-14(10,11)12-9-13-5-3-7(6-13)2-4-8/h3,5-6H,2H2,1H3. The number of hydrogen-bond acceptors (Lipinski definition) is 5. The van der Waals surface area contributed by atoms with Crippen LogP contribution < -0.4 is 0 Å². The SMILES string of the molecule is CS(=O)(=O)O/N=S1\C=CC(CC#N)=C1. The monoisotopic (exact) mass is 232 g/mol. The summed E-state index contributed by atoms with van der Waals surface area (Å²) < 4.78 is 28.9. The van der Waals surface area contributed by atoms with Crippen LogP contribution in [0.2, 0.25) is 0 Å². The lowest BCUT2D eigenvalue weighted by Crippen LogP contribution is -1.96. The summed E-state index contributed by atoms with van der Waals surface area (Å²) >= 11 is 0. The summed E-state index contributed by atoms with van der Waals surface area (Å²) in [6.45, 7) is 0. The maximum absolute atomic E-state index is 10.6. The van der Waals surface area contributed by atoms with Crippen molar-refractivity contribution in [3.8, 4) is 6.07 Å². The van der Waals surface area contributed by atoms with Crippen molar-refractivity contribution in [1.29, 1.82) is 5.26 Å². The molecule has 5 nitrogen and oxygen atoms in total. The zero-order valence-corrected chi connectivity index (χ0v) is 9.01. The normalized spacial score (nSPS) is 20.9. The van der Waals surface area contributed by atoms with E-state index in [1.165, 1.54) is 0 Å². The van der Waals surface area contributed by atoms with Crippen LogP contribution in [0.4, 0.5) is 0 Å². The van der Waals surface area contributed by atoms with Gasteiger partial charge in [-0.3, -0.25) is 0 Å². The fourth-order valence-electron chi connectivity index (χ4n) is 0.719. The van der Waals surface area contributed by atoms with Crippen molar-refractivity contribution >= 4 is 20.8 Å². The molecule has 0 bridgehead atoms. The van der Waals surface area contributed by atoms with Crippen LogP contribution in [0.25, 0.3) is 0 Å². The third-order valence-corrected chi connectivity index (χ3v) is 2.87. The number of allylic oxidation sites excluding steroid dienone is 2. The van der Waals surface area contributed by atoms with Gasteiger partial charge in [0.15, 0.2) is 0 Å². The molecule has 0 radical (unpaired) electrons. The molecule has 1 aliphatic heterocycles. The van der Waals surface area contributed by atoms with Crippen molar-refractivity contribution in [2.24, 2.45) is 4.53 Å². The van der Waals surface area contributed by atoms with Crippen molar-refractivity contribution in [2.75, 3.05) is 6.26 Å². The first-order valence-corrected chi connectivity index (χ1v) is 6.71. The van der Waals surface area contributed by atoms with Crippen LogP contribution in [0.3, 0.4) is 0 Å². The van der Waals surface area contributed by atoms with Crippen LogP contribution in [0.15, 0.2) is 27.0 Å². The highest BCUT2D eigenvalue weighted by molar-refractivity contribution is 7.93. The van der Waals surface area contributed by atoms with Crippen LogP contribution in [0.1, 0.15) is 6.42 Å². The van der Waals surface area contributed by atoms with E-state index in [1.54, 1.807) is 16.9 Å². The third-order valence-electron chi connectivity index (χ3n) is 1.23. The van der Waals surface area contributed by atoms with E-state index in [0.717, 1.165) is 11.8 Å². The summed E-state index contributed by atoms with van der Waals surface area (Å²) in [4.78, 5) is 0. The van der Waals surface area contributed by atoms with Crippen LogP contribution >= 0.6 is 0 Å². The van der Waals surface area contributed by atoms with Gasteiger partial charge in [0.1, 0.15) is 0 Å². The Kier molecular flexibility index (Phi) is 3.57. The zero-order chi connectivity index (χ0) is 10.6. The van der Waals surface area contributed by atoms with Crippen LogP contribution in [0.5, 0.6) is 0 Å². The van der Waals surface area contributed by atoms with E-state index in [-0.39, 0.29) is 0 Å². The van der Waals surface area contributed by atoms with Crippen molar-refractivity contribution < 1.29 is 12.7 Å². The molecule has 0 aromatic heterocycles. The van der Waals surface area contributed by atoms with E-state index in [0.29, 0.717) is 6.42 Å². The van der Waals surface area contributed by atoms with Gasteiger partial charge >= 0.3 is 0 Å². The molecule has 0 saturated heterocycles. The maximum Gasteiger partial charge on any atom is 0.287 e. The number of nitrogens with zero attached hydrogens (tertiary/aromatic N) is 2. The maximum atomic E-state index is 10.6. The average molecular weight is 232 g/mol. The smallest absolute Gasteiger partial charge is 0.198 e. The van der Waals surface area contributed by atoms with Crippen LogP contribution in [0, 0.1) is 11.3 Å². The molecule has 0 spiro atoms. The van der Waals surface area contributed by atoms with Gasteiger partial charge < -0.3 is 0 Å². The molecule has 76 valence electrons. The lowest BCUT2D eigenvalue weighted by Gasteiger charge is -1.91. The molecule has 1 atom stereocenters. The second kappa shape index (κ2) is 4.50. The molecule has 0 N–H and O–H groups in total. The fourth-order valence-corrected chi connectivity index (χ4v) is 2.40. The summed E-state index contributed by atoms with van der Waals surface area (Å²) in [6, 6.07) is 1.99. The molecule has 0 saturated carbocycles. The van der Waals surface area contributed by atoms with Crippen LogP contribution in [-0.4, -0.2) is 14.7 Å². The van der Waals surface area contributed by atoms with Gasteiger partial charge in [0.2, 0.25) is 0 Å². The van der Waals surface area contributed by atoms with Crippen molar-refractivity contribution in [3.05, 3.63) is 22.5 Å². The Hall–Kier alpha value is -0.970. The van der Waals surface area contributed by atoms with Gasteiger partial charge in [-0.25, -0.2) is 0 Å². The Balaban J connectivity index is 2.68. The van der Waals surface area contributed by atoms with E-state index in [2.05, 4.69) is 8.81 Å². The Bertz CT molecular complexity index is 454. The van der Waals surface area contributed by atoms with Gasteiger partial charge in [0, 0.05) is 0 Å². The van der Waals surface area contributed by atoms with Gasteiger partial charge in [-0.15, -0.1) is 4.28 Å². The fraction of sp³-hybridized carbons (Fsp3) is 0.286. The second-order valence-electron chi connectivity index (χ2n) is 2.53. The molecule has 0 aliphatic carbocycles. The molecular weight excluding hydrogens is 224 g/mol. The first kappa shape index (κ1) is 11.1. The summed E-state index contributed by atoms with van der Waals surface area (Å²) in [6.07, 6.45) is 2.97. The number of rotatable bonds is 3. The Morgan fingerprint density at radius 2 is 2.43 bits per heavy atom. The second-order valence-corrected chi connectivity index (χ2v) is 5.44. The van der Waals surface area contributed by atoms with E-state index < -0.39 is 20.8 Å². The van der Waals surface area contributed by atoms with Crippen LogP contribution in [-0.2, 0) is 25.1 Å². The lowest BCUT2D eigenvalue weighted by molar-refractivity contribution is 0.351. The van der Waals surface area contributed by atoms with E-state index in [9.17, 15) is 8.42 Å². The lowest BCUT2D eigenvalue weighted by atomic mass is 10.2. The number of hydrogen-bond donors (Lipinski definition) is 0. The van der Waals surface area contributed by atoms with Gasteiger partial charge in [-0.1, -0.05) is 4.53 Å². The summed E-state index contributed by atoms with van der Waals surface area (Å²) in [5.41, 5.74) is 0.830. The minimum Gasteiger partial charge on any atom is -0.198 e. The predicted molar refractivity (Wildman–Crippen MR) is 53.2 cm³/mol. The third kappa shape index (κ3) is 3.83. The highest BCUT2D eigenvalue weighted by atomic mass is 32.2. The molecule has 14 heavy (non-hydrogen) atoms. The van der Waals surface area contributed by atoms with Gasteiger partial charge in [-0.2, -0.15) is 13.7 Å². The van der Waals surface area contributed by atoms with E-state index in [4.69, 9.17) is 5.26 Å². The molecule has 0 aromatic rings. The van der Waals surface area contributed by atoms with Gasteiger partial charge in [0.05, 0.1) is 18.7 Å². The Labute approximate surface area is 84.9 Å². The highest BCUT2D eigenvalue weighted by Crippen LogP contribution is 2.14. The molecule has 1 unspecified atom stereocenters. The molecular formula is C7H8N2O3S2. The predicted octanol–water partition coefficient (Wildman–Crippen LogP) is 1.00. The zero-order valence-electron chi connectivity index (χ0n) is 7.37.